The number of halogens is 1. The number of morpholine rings is 1. The lowest BCUT2D eigenvalue weighted by Gasteiger charge is -2.26. The van der Waals surface area contributed by atoms with E-state index in [0.29, 0.717) is 18.7 Å². The second-order valence-corrected chi connectivity index (χ2v) is 6.21. The molecular weight excluding hydrogens is 339 g/mol. The average Bonchev–Trinajstić information content (AvgIpc) is 2.65. The minimum Gasteiger partial charge on any atom is -0.379 e. The van der Waals surface area contributed by atoms with Gasteiger partial charge in [0.05, 0.1) is 13.2 Å². The Morgan fingerprint density at radius 1 is 1.12 bits per heavy atom. The molecule has 3 amide bonds. The molecule has 1 fully saturated rings. The summed E-state index contributed by atoms with van der Waals surface area (Å²) in [6.45, 7) is 7.17. The van der Waals surface area contributed by atoms with Gasteiger partial charge in [0.2, 0.25) is 0 Å². The SMILES string of the molecule is Cc1ccc(C(=O)NCCNC(=O)NCCCN2CCOCC2)cc1F. The third-order valence-corrected chi connectivity index (χ3v) is 4.17. The zero-order valence-electron chi connectivity index (χ0n) is 15.1. The van der Waals surface area contributed by atoms with Crippen LogP contribution in [0.2, 0.25) is 0 Å². The molecule has 0 radical (unpaired) electrons. The van der Waals surface area contributed by atoms with E-state index in [1.54, 1.807) is 19.1 Å². The first-order chi connectivity index (χ1) is 12.6. The molecule has 0 spiro atoms. The molecule has 1 aromatic carbocycles. The van der Waals surface area contributed by atoms with Gasteiger partial charge in [0, 0.05) is 38.3 Å². The van der Waals surface area contributed by atoms with Gasteiger partial charge in [-0.2, -0.15) is 0 Å². The van der Waals surface area contributed by atoms with Crippen molar-refractivity contribution < 1.29 is 18.7 Å². The van der Waals surface area contributed by atoms with E-state index >= 15 is 0 Å². The monoisotopic (exact) mass is 366 g/mol. The molecule has 0 saturated carbocycles. The molecular formula is C18H27FN4O3. The van der Waals surface area contributed by atoms with E-state index in [-0.39, 0.29) is 24.0 Å². The molecule has 0 bridgehead atoms. The van der Waals surface area contributed by atoms with Gasteiger partial charge in [0.1, 0.15) is 5.82 Å². The number of rotatable bonds is 8. The van der Waals surface area contributed by atoms with Gasteiger partial charge in [0.25, 0.3) is 5.91 Å². The molecule has 144 valence electrons. The molecule has 3 N–H and O–H groups in total. The lowest BCUT2D eigenvalue weighted by molar-refractivity contribution is 0.0375. The van der Waals surface area contributed by atoms with E-state index in [1.165, 1.54) is 6.07 Å². The standard InChI is InChI=1S/C18H27FN4O3/c1-14-3-4-15(13-16(14)19)17(24)20-6-7-22-18(25)21-5-2-8-23-9-11-26-12-10-23/h3-4,13H,2,5-12H2,1H3,(H,20,24)(H2,21,22,25). The van der Waals surface area contributed by atoms with Crippen LogP contribution in [0.1, 0.15) is 22.3 Å². The van der Waals surface area contributed by atoms with Crippen molar-refractivity contribution in [3.8, 4) is 0 Å². The van der Waals surface area contributed by atoms with E-state index in [0.717, 1.165) is 39.3 Å². The van der Waals surface area contributed by atoms with Crippen molar-refractivity contribution in [1.29, 1.82) is 0 Å². The van der Waals surface area contributed by atoms with E-state index in [2.05, 4.69) is 20.9 Å². The maximum atomic E-state index is 13.4. The molecule has 1 heterocycles. The predicted molar refractivity (Wildman–Crippen MR) is 96.7 cm³/mol. The summed E-state index contributed by atoms with van der Waals surface area (Å²) < 4.78 is 18.7. The van der Waals surface area contributed by atoms with Crippen molar-refractivity contribution in [2.24, 2.45) is 0 Å². The number of hydrogen-bond acceptors (Lipinski definition) is 4. The van der Waals surface area contributed by atoms with Gasteiger partial charge in [-0.25, -0.2) is 9.18 Å². The number of aryl methyl sites for hydroxylation is 1. The van der Waals surface area contributed by atoms with Gasteiger partial charge in [-0.05, 0) is 37.6 Å². The largest absolute Gasteiger partial charge is 0.379 e. The van der Waals surface area contributed by atoms with Crippen LogP contribution < -0.4 is 16.0 Å². The molecule has 0 unspecified atom stereocenters. The van der Waals surface area contributed by atoms with Gasteiger partial charge in [0.15, 0.2) is 0 Å². The van der Waals surface area contributed by atoms with E-state index in [1.807, 2.05) is 0 Å². The second-order valence-electron chi connectivity index (χ2n) is 6.21. The first-order valence-electron chi connectivity index (χ1n) is 8.92. The maximum absolute atomic E-state index is 13.4. The van der Waals surface area contributed by atoms with E-state index in [9.17, 15) is 14.0 Å². The van der Waals surface area contributed by atoms with E-state index in [4.69, 9.17) is 4.74 Å². The molecule has 1 aliphatic heterocycles. The smallest absolute Gasteiger partial charge is 0.314 e. The number of ether oxygens (including phenoxy) is 1. The Morgan fingerprint density at radius 3 is 2.54 bits per heavy atom. The van der Waals surface area contributed by atoms with Gasteiger partial charge < -0.3 is 20.7 Å². The third kappa shape index (κ3) is 6.97. The van der Waals surface area contributed by atoms with Crippen LogP contribution >= 0.6 is 0 Å². The quantitative estimate of drug-likeness (QED) is 0.597. The summed E-state index contributed by atoms with van der Waals surface area (Å²) in [5, 5.41) is 8.11. The molecule has 1 saturated heterocycles. The highest BCUT2D eigenvalue weighted by Gasteiger charge is 2.10. The summed E-state index contributed by atoms with van der Waals surface area (Å²) in [5.41, 5.74) is 0.758. The van der Waals surface area contributed by atoms with Gasteiger partial charge in [-0.1, -0.05) is 6.07 Å². The molecule has 2 rings (SSSR count). The highest BCUT2D eigenvalue weighted by molar-refractivity contribution is 5.94. The topological polar surface area (TPSA) is 82.7 Å². The van der Waals surface area contributed by atoms with Crippen LogP contribution in [0.15, 0.2) is 18.2 Å². The first-order valence-corrected chi connectivity index (χ1v) is 8.92. The van der Waals surface area contributed by atoms with Crippen molar-refractivity contribution in [3.63, 3.8) is 0 Å². The molecule has 1 aromatic rings. The first kappa shape index (κ1) is 20.1. The molecule has 0 aromatic heterocycles. The van der Waals surface area contributed by atoms with Crippen LogP contribution in [0.4, 0.5) is 9.18 Å². The average molecular weight is 366 g/mol. The molecule has 26 heavy (non-hydrogen) atoms. The number of carbonyl (C=O) groups excluding carboxylic acids is 2. The Kier molecular flexibility index (Phi) is 8.30. The van der Waals surface area contributed by atoms with Crippen LogP contribution in [0, 0.1) is 12.7 Å². The number of nitrogens with one attached hydrogen (secondary N) is 3. The summed E-state index contributed by atoms with van der Waals surface area (Å²) in [6.07, 6.45) is 0.878. The Labute approximate surface area is 153 Å². The Morgan fingerprint density at radius 2 is 1.81 bits per heavy atom. The molecule has 8 heteroatoms. The van der Waals surface area contributed by atoms with Gasteiger partial charge in [-0.3, -0.25) is 9.69 Å². The number of urea groups is 1. The lowest BCUT2D eigenvalue weighted by atomic mass is 10.1. The summed E-state index contributed by atoms with van der Waals surface area (Å²) in [4.78, 5) is 25.9. The van der Waals surface area contributed by atoms with Crippen LogP contribution in [0.25, 0.3) is 0 Å². The highest BCUT2D eigenvalue weighted by atomic mass is 19.1. The van der Waals surface area contributed by atoms with Crippen molar-refractivity contribution >= 4 is 11.9 Å². The number of amides is 3. The predicted octanol–water partition coefficient (Wildman–Crippen LogP) is 0.885. The second kappa shape index (κ2) is 10.7. The summed E-state index contributed by atoms with van der Waals surface area (Å²) in [6, 6.07) is 4.08. The summed E-state index contributed by atoms with van der Waals surface area (Å²) in [5.74, 6) is -0.774. The van der Waals surface area contributed by atoms with Crippen molar-refractivity contribution in [2.75, 3.05) is 52.5 Å². The number of carbonyl (C=O) groups is 2. The highest BCUT2D eigenvalue weighted by Crippen LogP contribution is 2.08. The van der Waals surface area contributed by atoms with Gasteiger partial charge >= 0.3 is 6.03 Å². The third-order valence-electron chi connectivity index (χ3n) is 4.17. The number of benzene rings is 1. The van der Waals surface area contributed by atoms with Crippen LogP contribution in [-0.4, -0.2) is 69.3 Å². The zero-order valence-corrected chi connectivity index (χ0v) is 15.1. The molecule has 0 atom stereocenters. The maximum Gasteiger partial charge on any atom is 0.314 e. The number of nitrogens with zero attached hydrogens (tertiary/aromatic N) is 1. The normalized spacial score (nSPS) is 14.7. The van der Waals surface area contributed by atoms with Crippen LogP contribution in [0.5, 0.6) is 0 Å². The lowest BCUT2D eigenvalue weighted by Crippen LogP contribution is -2.42. The Bertz CT molecular complexity index is 606. The minimum atomic E-state index is -0.410. The summed E-state index contributed by atoms with van der Waals surface area (Å²) in [7, 11) is 0. The van der Waals surface area contributed by atoms with Crippen LogP contribution in [0.3, 0.4) is 0 Å². The van der Waals surface area contributed by atoms with Crippen molar-refractivity contribution in [1.82, 2.24) is 20.9 Å². The fraction of sp³-hybridized carbons (Fsp3) is 0.556. The fourth-order valence-corrected chi connectivity index (χ4v) is 2.58. The number of hydrogen-bond donors (Lipinski definition) is 3. The molecule has 7 nitrogen and oxygen atoms in total. The molecule has 1 aliphatic rings. The van der Waals surface area contributed by atoms with E-state index < -0.39 is 5.82 Å². The Hall–Kier alpha value is -2.19. The minimum absolute atomic E-state index is 0.261. The fourth-order valence-electron chi connectivity index (χ4n) is 2.58. The molecule has 0 aliphatic carbocycles. The van der Waals surface area contributed by atoms with Crippen molar-refractivity contribution in [2.45, 2.75) is 13.3 Å². The van der Waals surface area contributed by atoms with Crippen LogP contribution in [-0.2, 0) is 4.74 Å². The summed E-state index contributed by atoms with van der Waals surface area (Å²) >= 11 is 0. The van der Waals surface area contributed by atoms with Crippen molar-refractivity contribution in [3.05, 3.63) is 35.1 Å². The Balaban J connectivity index is 1.52. The van der Waals surface area contributed by atoms with Gasteiger partial charge in [-0.15, -0.1) is 0 Å². The zero-order chi connectivity index (χ0) is 18.8.